The van der Waals surface area contributed by atoms with Crippen molar-refractivity contribution >= 4 is 209 Å². The number of nitrogens with zero attached hydrogens (tertiary/aromatic N) is 13. The van der Waals surface area contributed by atoms with Gasteiger partial charge < -0.3 is 60.8 Å². The van der Waals surface area contributed by atoms with Crippen LogP contribution >= 0.6 is 47.8 Å². The Kier molecular flexibility index (Phi) is 35.6. The van der Waals surface area contributed by atoms with E-state index in [1.165, 1.54) is 31.9 Å². The van der Waals surface area contributed by atoms with Crippen LogP contribution in [0.5, 0.6) is 0 Å². The van der Waals surface area contributed by atoms with E-state index in [0.717, 1.165) is 161 Å². The van der Waals surface area contributed by atoms with Crippen LogP contribution in [0.25, 0.3) is 44.1 Å². The molecule has 0 radical (unpaired) electrons. The molecule has 0 atom stereocenters. The Hall–Kier alpha value is -13.4. The third kappa shape index (κ3) is 26.3. The van der Waals surface area contributed by atoms with E-state index in [1.807, 2.05) is 122 Å². The van der Waals surface area contributed by atoms with E-state index in [1.54, 1.807) is 115 Å². The monoisotopic (exact) mass is 2070 g/mol. The Morgan fingerprint density at radius 3 is 0.935 bits per heavy atom. The van der Waals surface area contributed by atoms with Gasteiger partial charge in [-0.3, -0.25) is 83.8 Å². The van der Waals surface area contributed by atoms with E-state index in [-0.39, 0.29) is 129 Å². The molecular formula is C102H118Br3N21O12. The number of pyridine rings is 1. The first-order chi connectivity index (χ1) is 66.4. The first kappa shape index (κ1) is 102. The fourth-order valence-corrected chi connectivity index (χ4v) is 19.4. The zero-order valence-electron chi connectivity index (χ0n) is 78.2. The van der Waals surface area contributed by atoms with Crippen LogP contribution in [0.2, 0.25) is 0 Å². The van der Waals surface area contributed by atoms with Crippen LogP contribution < -0.4 is 63.8 Å². The van der Waals surface area contributed by atoms with Crippen LogP contribution in [0.3, 0.4) is 0 Å². The molecule has 4 aliphatic rings. The first-order valence-corrected chi connectivity index (χ1v) is 49.5. The van der Waals surface area contributed by atoms with Crippen LogP contribution in [0.15, 0.2) is 184 Å². The third-order valence-electron chi connectivity index (χ3n) is 25.5. The van der Waals surface area contributed by atoms with Crippen molar-refractivity contribution in [1.29, 1.82) is 0 Å². The number of carbonyl (C=O) groups is 12. The Labute approximate surface area is 825 Å². The number of nitrogens with two attached hydrogens (primary N) is 4. The number of imidazole rings is 4. The van der Waals surface area contributed by atoms with Crippen molar-refractivity contribution in [2.75, 3.05) is 61.5 Å². The molecule has 4 aliphatic carbocycles. The van der Waals surface area contributed by atoms with Gasteiger partial charge in [0.2, 0.25) is 71.1 Å². The molecule has 4 saturated carbocycles. The van der Waals surface area contributed by atoms with Crippen LogP contribution in [0.1, 0.15) is 216 Å². The molecule has 138 heavy (non-hydrogen) atoms. The molecule has 5 aromatic heterocycles. The van der Waals surface area contributed by atoms with E-state index < -0.39 is 23.6 Å². The van der Waals surface area contributed by atoms with Crippen molar-refractivity contribution < 1.29 is 57.5 Å². The molecule has 36 heteroatoms. The maximum absolute atomic E-state index is 13.4. The number of hydrogen-bond acceptors (Lipinski definition) is 17. The average molecular weight is 2070 g/mol. The third-order valence-corrected chi connectivity index (χ3v) is 27.0. The van der Waals surface area contributed by atoms with E-state index in [0.29, 0.717) is 74.7 Å². The minimum atomic E-state index is -0.448. The maximum atomic E-state index is 13.4. The summed E-state index contributed by atoms with van der Waals surface area (Å²) in [5.74, 6) is -1.04. The molecule has 5 heterocycles. The number of primary amides is 4. The Morgan fingerprint density at radius 1 is 0.355 bits per heavy atom. The van der Waals surface area contributed by atoms with Crippen molar-refractivity contribution in [1.82, 2.24) is 43.2 Å². The van der Waals surface area contributed by atoms with Gasteiger partial charge >= 0.3 is 0 Å². The molecule has 0 aliphatic heterocycles. The van der Waals surface area contributed by atoms with Crippen molar-refractivity contribution in [3.05, 3.63) is 206 Å². The lowest BCUT2D eigenvalue weighted by atomic mass is 9.88. The van der Waals surface area contributed by atoms with Gasteiger partial charge in [0.15, 0.2) is 0 Å². The molecule has 0 bridgehead atoms. The van der Waals surface area contributed by atoms with Gasteiger partial charge in [0, 0.05) is 167 Å². The normalized spacial score (nSPS) is 14.2. The maximum Gasteiger partial charge on any atom is 0.259 e. The number of fused-ring (bicyclic) bond motifs is 4. The molecule has 12 amide bonds. The van der Waals surface area contributed by atoms with E-state index in [2.05, 4.69) is 94.0 Å². The quantitative estimate of drug-likeness (QED) is 0.0207. The van der Waals surface area contributed by atoms with Gasteiger partial charge in [0.25, 0.3) is 23.6 Å². The minimum absolute atomic E-state index is 0.00970. The number of aromatic nitrogens is 9. The molecule has 0 unspecified atom stereocenters. The highest BCUT2D eigenvalue weighted by molar-refractivity contribution is 9.11. The van der Waals surface area contributed by atoms with Gasteiger partial charge in [-0.2, -0.15) is 0 Å². The number of carbonyl (C=O) groups excluding carboxylic acids is 12. The summed E-state index contributed by atoms with van der Waals surface area (Å²) >= 11 is 10.1. The number of anilines is 8. The molecule has 12 aromatic rings. The fraction of sp³-hybridized carbons (Fsp3) is 0.382. The van der Waals surface area contributed by atoms with Gasteiger partial charge in [-0.05, 0) is 212 Å². The van der Waals surface area contributed by atoms with Crippen molar-refractivity contribution in [3.63, 3.8) is 0 Å². The zero-order chi connectivity index (χ0) is 98.4. The Bertz CT molecular complexity index is 6470. The second kappa shape index (κ2) is 48.1. The highest BCUT2D eigenvalue weighted by atomic mass is 79.9. The summed E-state index contributed by atoms with van der Waals surface area (Å²) < 4.78 is 9.45. The number of benzene rings is 7. The van der Waals surface area contributed by atoms with Crippen LogP contribution in [-0.2, 0) is 64.5 Å². The van der Waals surface area contributed by atoms with E-state index in [4.69, 9.17) is 22.9 Å². The number of rotatable bonds is 30. The van der Waals surface area contributed by atoms with Gasteiger partial charge in [0.1, 0.15) is 0 Å². The smallest absolute Gasteiger partial charge is 0.259 e. The van der Waals surface area contributed by atoms with Gasteiger partial charge in [-0.1, -0.05) is 143 Å². The highest BCUT2D eigenvalue weighted by Gasteiger charge is 2.33. The Morgan fingerprint density at radius 2 is 0.638 bits per heavy atom. The number of nitrogens with one attached hydrogen (secondary N) is 4. The Balaban J connectivity index is 0.000000155. The molecule has 7 aromatic carbocycles. The summed E-state index contributed by atoms with van der Waals surface area (Å²) in [4.78, 5) is 179. The van der Waals surface area contributed by atoms with E-state index >= 15 is 0 Å². The summed E-state index contributed by atoms with van der Waals surface area (Å²) in [6.07, 6.45) is 24.4. The molecule has 12 N–H and O–H groups in total. The largest absolute Gasteiger partial charge is 0.370 e. The van der Waals surface area contributed by atoms with E-state index in [9.17, 15) is 57.5 Å². The summed E-state index contributed by atoms with van der Waals surface area (Å²) in [6.45, 7) is 7.66. The summed E-state index contributed by atoms with van der Waals surface area (Å²) in [5, 5.41) is 11.4. The number of aryl methyl sites for hydroxylation is 4. The van der Waals surface area contributed by atoms with Crippen LogP contribution in [-0.4, -0.2) is 141 Å². The molecule has 33 nitrogen and oxygen atoms in total. The van der Waals surface area contributed by atoms with Crippen molar-refractivity contribution in [3.8, 4) is 0 Å². The zero-order valence-corrected chi connectivity index (χ0v) is 83.0. The molecule has 4 fully saturated rings. The van der Waals surface area contributed by atoms with Gasteiger partial charge in [-0.15, -0.1) is 0 Å². The number of halogens is 3. The van der Waals surface area contributed by atoms with Crippen LogP contribution in [0.4, 0.5) is 46.5 Å². The number of amides is 12. The number of hydrogen-bond donors (Lipinski definition) is 8. The van der Waals surface area contributed by atoms with Crippen molar-refractivity contribution in [2.24, 2.45) is 46.6 Å². The second-order valence-electron chi connectivity index (χ2n) is 35.5. The summed E-state index contributed by atoms with van der Waals surface area (Å²) in [6, 6.07) is 46.9. The lowest BCUT2D eigenvalue weighted by Gasteiger charge is -2.32. The minimum Gasteiger partial charge on any atom is -0.370 e. The lowest BCUT2D eigenvalue weighted by Crippen LogP contribution is -2.41. The summed E-state index contributed by atoms with van der Waals surface area (Å²) in [5.41, 5.74) is 31.8. The second-order valence-corrected chi connectivity index (χ2v) is 38.3. The SMILES string of the molecule is CC(C)N(C(=O)C1CCCCC1)c1ccc2c(c1)nc(NC(=O)c1cccc(Br)c1)n2CCC(N)=O.CCN(C(=O)C1CCCCC1)c1ccc2c(c1)nc(NC(=O)c1cccc(Br)c1)n2CCC(N)=O.CN(C(=O)C1CCCCC1)c1ccc2c(c1)nc(NC(=O)c1cccc(Br)c1)n2CCC(N)=O.CN(C(=O)C1CCCCC1)c1ccc2c(c1)nc(NC(=O)c1cccnc1)n2CCC(N)=O. The molecule has 724 valence electrons. The molecule has 0 saturated heterocycles. The predicted molar refractivity (Wildman–Crippen MR) is 546 cm³/mol. The predicted octanol–water partition coefficient (Wildman–Crippen LogP) is 17.7. The topological polar surface area (TPSA) is 454 Å². The first-order valence-electron chi connectivity index (χ1n) is 47.1. The fourth-order valence-electron chi connectivity index (χ4n) is 18.2. The molecular weight excluding hydrogens is 1950 g/mol. The van der Waals surface area contributed by atoms with Crippen molar-refractivity contribution in [2.45, 2.75) is 207 Å². The molecule has 0 spiro atoms. The summed E-state index contributed by atoms with van der Waals surface area (Å²) in [7, 11) is 3.57. The van der Waals surface area contributed by atoms with Crippen LogP contribution in [0, 0.1) is 23.7 Å². The highest BCUT2D eigenvalue weighted by Crippen LogP contribution is 2.38. The van der Waals surface area contributed by atoms with Gasteiger partial charge in [0.05, 0.1) is 49.7 Å². The lowest BCUT2D eigenvalue weighted by molar-refractivity contribution is -0.124. The average Bonchev–Trinajstić information content (AvgIpc) is 1.02. The standard InChI is InChI=1S/C27H32BrN5O3.C26H30BrN5O3.C25H28BrN5O3.C24H28N6O3/c1-17(2)33(26(36)18-7-4-3-5-8-18)21-11-12-23-22(16-21)30-27(32(23)14-13-24(29)34)31-25(35)19-9-6-10-20(28)15-19;1-2-31(25(35)17-7-4-3-5-8-17)20-11-12-22-21(16-20)29-26(32(22)14-13-23(28)33)30-24(34)18-9-6-10-19(27)15-18;1-30(24(34)16-6-3-2-4-7-16)19-10-11-21-20(15-19)28-25(31(21)13-12-22(27)32)29-23(33)17-8-5-9-18(26)14-17;1-29(23(33)16-6-3-2-4-7-16)18-9-10-20-19(14-18)27-24(30(20)13-11-21(25)31)28-22(32)17-8-5-12-26-15-17/h6,9-12,15-18H,3-5,7-8,13-14H2,1-2H3,(H2,29,34)(H,30,31,35);6,9-12,15-17H,2-5,7-8,13-14H2,1H3,(H2,28,33)(H,29,30,34);5,8-11,14-16H,2-4,6-7,12-13H2,1H3,(H2,27,32)(H,28,29,33);5,8-10,12,14-16H,2-4,6-7,11,13H2,1H3,(H2,25,31)(H,27,28,32). The van der Waals surface area contributed by atoms with Gasteiger partial charge in [-0.25, -0.2) is 19.9 Å². The molecule has 16 rings (SSSR count).